The van der Waals surface area contributed by atoms with Gasteiger partial charge in [0.1, 0.15) is 0 Å². The molecule has 0 aromatic heterocycles. The third-order valence-electron chi connectivity index (χ3n) is 10.8. The van der Waals surface area contributed by atoms with Crippen LogP contribution in [0.3, 0.4) is 0 Å². The maximum atomic E-state index is 15.2. The Morgan fingerprint density at radius 2 is 1.29 bits per heavy atom. The van der Waals surface area contributed by atoms with Crippen molar-refractivity contribution in [3.8, 4) is 0 Å². The number of rotatable bonds is 10. The zero-order chi connectivity index (χ0) is 29.7. The third-order valence-corrected chi connectivity index (χ3v) is 10.8. The number of benzene rings is 1. The van der Waals surface area contributed by atoms with E-state index >= 15 is 8.78 Å². The standard InChI is InChI=1S/C34H49F5O3/c1-2-3-4-5-22-20-40-33(41-21-22)26-8-6-23(7-9-26)24-10-14-28(15-11-24)34(38,39)42-29-16-12-25(13-17-29)27-18-30(35)32(37)31(36)19-27/h18-19,22-26,28-29,33H,2-17,20-21H2,1H3. The van der Waals surface area contributed by atoms with Crippen molar-refractivity contribution in [2.24, 2.45) is 29.6 Å². The normalized spacial score (nSPS) is 34.8. The lowest BCUT2D eigenvalue weighted by Crippen LogP contribution is -2.41. The topological polar surface area (TPSA) is 27.7 Å². The van der Waals surface area contributed by atoms with E-state index in [-0.39, 0.29) is 12.2 Å². The monoisotopic (exact) mass is 600 g/mol. The highest BCUT2D eigenvalue weighted by atomic mass is 19.3. The van der Waals surface area contributed by atoms with E-state index in [0.29, 0.717) is 67.8 Å². The van der Waals surface area contributed by atoms with Crippen LogP contribution in [0.2, 0.25) is 0 Å². The molecule has 8 heteroatoms. The van der Waals surface area contributed by atoms with Crippen LogP contribution in [0, 0.1) is 47.0 Å². The third kappa shape index (κ3) is 8.06. The average Bonchev–Trinajstić information content (AvgIpc) is 3.00. The van der Waals surface area contributed by atoms with E-state index in [1.165, 1.54) is 25.7 Å². The summed E-state index contributed by atoms with van der Waals surface area (Å²) in [4.78, 5) is 0. The number of ether oxygens (including phenoxy) is 3. The largest absolute Gasteiger partial charge is 0.358 e. The Morgan fingerprint density at radius 3 is 1.86 bits per heavy atom. The summed E-state index contributed by atoms with van der Waals surface area (Å²) < 4.78 is 88.7. The van der Waals surface area contributed by atoms with Gasteiger partial charge in [0, 0.05) is 11.8 Å². The fraction of sp³-hybridized carbons (Fsp3) is 0.824. The fourth-order valence-corrected chi connectivity index (χ4v) is 8.14. The second-order valence-corrected chi connectivity index (χ2v) is 13.6. The predicted molar refractivity (Wildman–Crippen MR) is 152 cm³/mol. The Labute approximate surface area is 248 Å². The van der Waals surface area contributed by atoms with Gasteiger partial charge in [0.2, 0.25) is 0 Å². The second kappa shape index (κ2) is 14.7. The van der Waals surface area contributed by atoms with Crippen LogP contribution in [0.4, 0.5) is 22.0 Å². The number of hydrogen-bond acceptors (Lipinski definition) is 3. The van der Waals surface area contributed by atoms with Gasteiger partial charge < -0.3 is 14.2 Å². The molecule has 3 nitrogen and oxygen atoms in total. The van der Waals surface area contributed by atoms with E-state index in [0.717, 1.165) is 63.9 Å². The molecule has 3 saturated carbocycles. The predicted octanol–water partition coefficient (Wildman–Crippen LogP) is 9.92. The van der Waals surface area contributed by atoms with Crippen LogP contribution in [0.1, 0.15) is 121 Å². The summed E-state index contributed by atoms with van der Waals surface area (Å²) >= 11 is 0. The minimum Gasteiger partial charge on any atom is -0.352 e. The molecule has 4 aliphatic rings. The van der Waals surface area contributed by atoms with Gasteiger partial charge in [-0.3, -0.25) is 0 Å². The molecule has 0 amide bonds. The molecule has 5 rings (SSSR count). The molecule has 0 spiro atoms. The Morgan fingerprint density at radius 1 is 0.738 bits per heavy atom. The summed E-state index contributed by atoms with van der Waals surface area (Å²) in [5.41, 5.74) is 0.384. The summed E-state index contributed by atoms with van der Waals surface area (Å²) in [6.45, 7) is 3.84. The molecular formula is C34H49F5O3. The molecule has 1 aromatic carbocycles. The lowest BCUT2D eigenvalue weighted by molar-refractivity contribution is -0.301. The zero-order valence-corrected chi connectivity index (χ0v) is 25.1. The first-order valence-electron chi connectivity index (χ1n) is 16.7. The molecule has 0 radical (unpaired) electrons. The van der Waals surface area contributed by atoms with Gasteiger partial charge in [0.15, 0.2) is 23.7 Å². The van der Waals surface area contributed by atoms with E-state index in [1.54, 1.807) is 0 Å². The maximum absolute atomic E-state index is 15.2. The Balaban J connectivity index is 1.00. The lowest BCUT2D eigenvalue weighted by atomic mass is 9.69. The van der Waals surface area contributed by atoms with Gasteiger partial charge in [-0.25, -0.2) is 13.2 Å². The maximum Gasteiger partial charge on any atom is 0.358 e. The minimum atomic E-state index is -3.17. The van der Waals surface area contributed by atoms with E-state index in [1.807, 2.05) is 0 Å². The first-order chi connectivity index (χ1) is 20.2. The van der Waals surface area contributed by atoms with Crippen molar-refractivity contribution in [1.82, 2.24) is 0 Å². The van der Waals surface area contributed by atoms with Gasteiger partial charge in [-0.2, -0.15) is 8.78 Å². The van der Waals surface area contributed by atoms with Crippen LogP contribution in [0.25, 0.3) is 0 Å². The molecular weight excluding hydrogens is 551 g/mol. The molecule has 4 fully saturated rings. The van der Waals surface area contributed by atoms with Crippen LogP contribution >= 0.6 is 0 Å². The summed E-state index contributed by atoms with van der Waals surface area (Å²) in [6.07, 6.45) is 9.92. The number of halogens is 5. The Bertz CT molecular complexity index is 950. The van der Waals surface area contributed by atoms with Gasteiger partial charge >= 0.3 is 6.11 Å². The summed E-state index contributed by atoms with van der Waals surface area (Å²) in [5.74, 6) is -2.78. The highest BCUT2D eigenvalue weighted by Gasteiger charge is 2.46. The number of alkyl halides is 2. The Kier molecular flexibility index (Phi) is 11.2. The number of hydrogen-bond donors (Lipinski definition) is 0. The molecule has 1 heterocycles. The SMILES string of the molecule is CCCCCC1COC(C2CCC(C3CCC(C(F)(F)OC4CCC(c5cc(F)c(F)c(F)c5)CC4)CC3)CC2)OC1. The van der Waals surface area contributed by atoms with Crippen molar-refractivity contribution >= 4 is 0 Å². The van der Waals surface area contributed by atoms with Gasteiger partial charge in [-0.15, -0.1) is 0 Å². The van der Waals surface area contributed by atoms with Crippen LogP contribution < -0.4 is 0 Å². The molecule has 42 heavy (non-hydrogen) atoms. The smallest absolute Gasteiger partial charge is 0.352 e. The van der Waals surface area contributed by atoms with Crippen LogP contribution in [-0.2, 0) is 14.2 Å². The van der Waals surface area contributed by atoms with Crippen molar-refractivity contribution in [1.29, 1.82) is 0 Å². The van der Waals surface area contributed by atoms with E-state index in [2.05, 4.69) is 6.92 Å². The van der Waals surface area contributed by atoms with Crippen molar-refractivity contribution in [3.63, 3.8) is 0 Å². The van der Waals surface area contributed by atoms with E-state index in [9.17, 15) is 13.2 Å². The zero-order valence-electron chi connectivity index (χ0n) is 25.1. The van der Waals surface area contributed by atoms with Crippen molar-refractivity contribution in [2.45, 2.75) is 134 Å². The van der Waals surface area contributed by atoms with Gasteiger partial charge in [0.25, 0.3) is 0 Å². The van der Waals surface area contributed by atoms with Crippen LogP contribution in [-0.4, -0.2) is 31.7 Å². The van der Waals surface area contributed by atoms with Crippen LogP contribution in [0.15, 0.2) is 12.1 Å². The highest BCUT2D eigenvalue weighted by Crippen LogP contribution is 2.47. The van der Waals surface area contributed by atoms with Gasteiger partial charge in [-0.1, -0.05) is 26.2 Å². The summed E-state index contributed by atoms with van der Waals surface area (Å²) in [5, 5.41) is 0. The van der Waals surface area contributed by atoms with Crippen molar-refractivity contribution in [2.75, 3.05) is 13.2 Å². The van der Waals surface area contributed by atoms with Crippen molar-refractivity contribution < 1.29 is 36.2 Å². The summed E-state index contributed by atoms with van der Waals surface area (Å²) in [6, 6.07) is 2.04. The molecule has 238 valence electrons. The van der Waals surface area contributed by atoms with E-state index in [4.69, 9.17) is 14.2 Å². The molecule has 0 N–H and O–H groups in total. The molecule has 1 aromatic rings. The number of unbranched alkanes of at least 4 members (excludes halogenated alkanes) is 2. The Hall–Kier alpha value is -1.25. The first-order valence-corrected chi connectivity index (χ1v) is 16.7. The fourth-order valence-electron chi connectivity index (χ4n) is 8.14. The molecule has 0 bridgehead atoms. The highest BCUT2D eigenvalue weighted by molar-refractivity contribution is 5.23. The molecule has 1 aliphatic heterocycles. The minimum absolute atomic E-state index is 0.0759. The van der Waals surface area contributed by atoms with Gasteiger partial charge in [-0.05, 0) is 119 Å². The van der Waals surface area contributed by atoms with Crippen molar-refractivity contribution in [3.05, 3.63) is 35.1 Å². The quantitative estimate of drug-likeness (QED) is 0.152. The van der Waals surface area contributed by atoms with Crippen LogP contribution in [0.5, 0.6) is 0 Å². The van der Waals surface area contributed by atoms with E-state index < -0.39 is 35.6 Å². The molecule has 0 unspecified atom stereocenters. The molecule has 3 aliphatic carbocycles. The summed E-state index contributed by atoms with van der Waals surface area (Å²) in [7, 11) is 0. The lowest BCUT2D eigenvalue weighted by Gasteiger charge is -2.42. The van der Waals surface area contributed by atoms with Gasteiger partial charge in [0.05, 0.1) is 25.2 Å². The first kappa shape index (κ1) is 32.2. The molecule has 1 saturated heterocycles. The second-order valence-electron chi connectivity index (χ2n) is 13.6. The average molecular weight is 601 g/mol. The molecule has 0 atom stereocenters.